The van der Waals surface area contributed by atoms with Gasteiger partial charge in [0, 0.05) is 23.7 Å². The van der Waals surface area contributed by atoms with Crippen molar-refractivity contribution in [2.45, 2.75) is 32.0 Å². The minimum atomic E-state index is -0.342. The maximum atomic E-state index is 13.7. The summed E-state index contributed by atoms with van der Waals surface area (Å²) in [5.74, 6) is -0.0483. The Kier molecular flexibility index (Phi) is 5.79. The van der Waals surface area contributed by atoms with Crippen LogP contribution in [-0.4, -0.2) is 10.8 Å². The third-order valence-electron chi connectivity index (χ3n) is 5.31. The largest absolute Gasteiger partial charge is 0.508 e. The highest BCUT2D eigenvalue weighted by molar-refractivity contribution is 9.10. The standard InChI is InChI=1S/C24H22BrFN2O/c1-2-15-7-9-16(10-8-15)21-14-22(18-5-3-4-6-23(18)29)28-24(27-21)17-11-12-20(26)19(25)13-17/h3-13,22,24,28-29H,2,14H2,1H3/t22-,24+/m0/s1. The lowest BCUT2D eigenvalue weighted by molar-refractivity contribution is 0.412. The average molecular weight is 453 g/mol. The minimum Gasteiger partial charge on any atom is -0.508 e. The minimum absolute atomic E-state index is 0.108. The summed E-state index contributed by atoms with van der Waals surface area (Å²) < 4.78 is 14.1. The number of para-hydroxylation sites is 1. The van der Waals surface area contributed by atoms with Crippen LogP contribution < -0.4 is 5.32 Å². The van der Waals surface area contributed by atoms with Crippen LogP contribution in [0.2, 0.25) is 0 Å². The second kappa shape index (κ2) is 8.47. The van der Waals surface area contributed by atoms with E-state index >= 15 is 0 Å². The van der Waals surface area contributed by atoms with Gasteiger partial charge in [-0.1, -0.05) is 55.5 Å². The third-order valence-corrected chi connectivity index (χ3v) is 5.92. The molecule has 0 saturated heterocycles. The van der Waals surface area contributed by atoms with Gasteiger partial charge in [0.05, 0.1) is 4.47 Å². The first kappa shape index (κ1) is 19.8. The molecule has 3 aromatic rings. The number of benzene rings is 3. The van der Waals surface area contributed by atoms with Crippen molar-refractivity contribution >= 4 is 21.6 Å². The lowest BCUT2D eigenvalue weighted by Crippen LogP contribution is -2.33. The summed E-state index contributed by atoms with van der Waals surface area (Å²) >= 11 is 3.27. The summed E-state index contributed by atoms with van der Waals surface area (Å²) in [5, 5.41) is 13.9. The van der Waals surface area contributed by atoms with Gasteiger partial charge in [-0.15, -0.1) is 0 Å². The van der Waals surface area contributed by atoms with Gasteiger partial charge in [0.1, 0.15) is 17.7 Å². The van der Waals surface area contributed by atoms with Crippen molar-refractivity contribution in [2.24, 2.45) is 4.99 Å². The normalized spacial score (nSPS) is 19.1. The fourth-order valence-electron chi connectivity index (χ4n) is 3.65. The molecule has 0 unspecified atom stereocenters. The summed E-state index contributed by atoms with van der Waals surface area (Å²) in [6.07, 6.45) is 1.30. The Balaban J connectivity index is 1.75. The molecular formula is C24H22BrFN2O. The van der Waals surface area contributed by atoms with Crippen molar-refractivity contribution in [1.29, 1.82) is 0 Å². The molecule has 148 valence electrons. The Morgan fingerprint density at radius 3 is 2.55 bits per heavy atom. The number of halogens is 2. The molecule has 1 aliphatic heterocycles. The highest BCUT2D eigenvalue weighted by Crippen LogP contribution is 2.35. The van der Waals surface area contributed by atoms with E-state index in [4.69, 9.17) is 4.99 Å². The maximum Gasteiger partial charge on any atom is 0.137 e. The number of aromatic hydroxyl groups is 1. The highest BCUT2D eigenvalue weighted by atomic mass is 79.9. The second-order valence-electron chi connectivity index (χ2n) is 7.18. The zero-order chi connectivity index (χ0) is 20.4. The number of hydrogen-bond donors (Lipinski definition) is 2. The molecule has 0 amide bonds. The van der Waals surface area contributed by atoms with Crippen molar-refractivity contribution in [3.05, 3.63) is 99.3 Å². The van der Waals surface area contributed by atoms with E-state index in [1.54, 1.807) is 18.2 Å². The van der Waals surface area contributed by atoms with Gasteiger partial charge in [0.2, 0.25) is 0 Å². The molecule has 0 aliphatic carbocycles. The summed E-state index contributed by atoms with van der Waals surface area (Å²) in [6.45, 7) is 2.13. The lowest BCUT2D eigenvalue weighted by atomic mass is 9.93. The Morgan fingerprint density at radius 1 is 1.10 bits per heavy atom. The molecule has 1 aliphatic rings. The third kappa shape index (κ3) is 4.26. The van der Waals surface area contributed by atoms with Crippen LogP contribution >= 0.6 is 15.9 Å². The zero-order valence-electron chi connectivity index (χ0n) is 16.1. The van der Waals surface area contributed by atoms with E-state index in [1.165, 1.54) is 11.6 Å². The molecule has 0 spiro atoms. The molecule has 4 rings (SSSR count). The van der Waals surface area contributed by atoms with Crippen LogP contribution in [0.4, 0.5) is 4.39 Å². The molecule has 1 heterocycles. The molecule has 3 aromatic carbocycles. The van der Waals surface area contributed by atoms with E-state index < -0.39 is 0 Å². The van der Waals surface area contributed by atoms with E-state index in [0.29, 0.717) is 10.9 Å². The molecular weight excluding hydrogens is 431 g/mol. The van der Waals surface area contributed by atoms with Crippen LogP contribution in [0.15, 0.2) is 76.2 Å². The van der Waals surface area contributed by atoms with Crippen LogP contribution in [0.5, 0.6) is 5.75 Å². The number of phenolic OH excluding ortho intramolecular Hbond substituents is 1. The number of phenols is 1. The predicted molar refractivity (Wildman–Crippen MR) is 118 cm³/mol. The topological polar surface area (TPSA) is 44.6 Å². The number of rotatable bonds is 4. The molecule has 0 bridgehead atoms. The molecule has 3 nitrogen and oxygen atoms in total. The predicted octanol–water partition coefficient (Wildman–Crippen LogP) is 6.08. The fourth-order valence-corrected chi connectivity index (χ4v) is 4.05. The number of nitrogens with one attached hydrogen (secondary N) is 1. The summed E-state index contributed by atoms with van der Waals surface area (Å²) in [6, 6.07) is 20.6. The van der Waals surface area contributed by atoms with E-state index in [2.05, 4.69) is 52.4 Å². The lowest BCUT2D eigenvalue weighted by Gasteiger charge is -2.31. The summed E-state index contributed by atoms with van der Waals surface area (Å²) in [7, 11) is 0. The monoisotopic (exact) mass is 452 g/mol. The number of hydrogen-bond acceptors (Lipinski definition) is 3. The van der Waals surface area contributed by atoms with E-state index in [-0.39, 0.29) is 23.8 Å². The van der Waals surface area contributed by atoms with Crippen LogP contribution in [0, 0.1) is 5.82 Å². The van der Waals surface area contributed by atoms with Crippen LogP contribution in [0.1, 0.15) is 47.8 Å². The average Bonchev–Trinajstić information content (AvgIpc) is 2.75. The molecule has 29 heavy (non-hydrogen) atoms. The van der Waals surface area contributed by atoms with Gasteiger partial charge < -0.3 is 5.11 Å². The molecule has 0 saturated carbocycles. The Labute approximate surface area is 178 Å². The molecule has 0 fully saturated rings. The van der Waals surface area contributed by atoms with Crippen LogP contribution in [-0.2, 0) is 6.42 Å². The fraction of sp³-hybridized carbons (Fsp3) is 0.208. The van der Waals surface area contributed by atoms with Crippen LogP contribution in [0.25, 0.3) is 0 Å². The van der Waals surface area contributed by atoms with Crippen molar-refractivity contribution in [3.8, 4) is 5.75 Å². The Bertz CT molecular complexity index is 1050. The first-order valence-electron chi connectivity index (χ1n) is 9.70. The number of nitrogens with zero attached hydrogens (tertiary/aromatic N) is 1. The first-order valence-corrected chi connectivity index (χ1v) is 10.5. The van der Waals surface area contributed by atoms with Crippen molar-refractivity contribution < 1.29 is 9.50 Å². The van der Waals surface area contributed by atoms with Crippen molar-refractivity contribution in [2.75, 3.05) is 0 Å². The maximum absolute atomic E-state index is 13.7. The van der Waals surface area contributed by atoms with Gasteiger partial charge in [-0.25, -0.2) is 4.39 Å². The van der Waals surface area contributed by atoms with E-state index in [1.807, 2.05) is 18.2 Å². The highest BCUT2D eigenvalue weighted by Gasteiger charge is 2.27. The van der Waals surface area contributed by atoms with Gasteiger partial charge >= 0.3 is 0 Å². The van der Waals surface area contributed by atoms with E-state index in [9.17, 15) is 9.50 Å². The van der Waals surface area contributed by atoms with Crippen molar-refractivity contribution in [1.82, 2.24) is 5.32 Å². The second-order valence-corrected chi connectivity index (χ2v) is 8.04. The molecule has 0 aromatic heterocycles. The number of aryl methyl sites for hydroxylation is 1. The summed E-state index contributed by atoms with van der Waals surface area (Å²) in [4.78, 5) is 4.93. The molecule has 5 heteroatoms. The Hall–Kier alpha value is -2.50. The quantitative estimate of drug-likeness (QED) is 0.503. The number of aliphatic imine (C=N–C) groups is 1. The smallest absolute Gasteiger partial charge is 0.137 e. The summed E-state index contributed by atoms with van der Waals surface area (Å²) in [5.41, 5.74) is 5.00. The Morgan fingerprint density at radius 2 is 1.86 bits per heavy atom. The van der Waals surface area contributed by atoms with Crippen molar-refractivity contribution in [3.63, 3.8) is 0 Å². The van der Waals surface area contributed by atoms with E-state index in [0.717, 1.165) is 28.8 Å². The molecule has 2 atom stereocenters. The van der Waals surface area contributed by atoms with Gasteiger partial charge in [0.25, 0.3) is 0 Å². The molecule has 0 radical (unpaired) electrons. The van der Waals surface area contributed by atoms with Gasteiger partial charge in [-0.2, -0.15) is 0 Å². The van der Waals surface area contributed by atoms with Gasteiger partial charge in [0.15, 0.2) is 0 Å². The van der Waals surface area contributed by atoms with Crippen LogP contribution in [0.3, 0.4) is 0 Å². The van der Waals surface area contributed by atoms with Gasteiger partial charge in [-0.05, 0) is 57.2 Å². The SMILES string of the molecule is CCc1ccc(C2=N[C@@H](c3ccc(F)c(Br)c3)N[C@H](c3ccccc3O)C2)cc1. The molecule has 2 N–H and O–H groups in total. The first-order chi connectivity index (χ1) is 14.0. The van der Waals surface area contributed by atoms with Gasteiger partial charge in [-0.3, -0.25) is 10.3 Å². The zero-order valence-corrected chi connectivity index (χ0v) is 17.7.